The highest BCUT2D eigenvalue weighted by molar-refractivity contribution is 6.25. The lowest BCUT2D eigenvalue weighted by molar-refractivity contribution is -0.418. The molecule has 3 rings (SSSR count). The molecule has 0 amide bonds. The van der Waals surface area contributed by atoms with Crippen LogP contribution < -0.4 is 0 Å². The van der Waals surface area contributed by atoms with Gasteiger partial charge in [-0.25, -0.2) is 0 Å². The first kappa shape index (κ1) is 12.0. The molecule has 98 valence electrons. The molecule has 0 saturated carbocycles. The van der Waals surface area contributed by atoms with Crippen LogP contribution in [0.4, 0.5) is 5.69 Å². The van der Waals surface area contributed by atoms with E-state index in [-0.39, 0.29) is 11.3 Å². The monoisotopic (exact) mass is 270 g/mol. The molecule has 7 nitrogen and oxygen atoms in total. The van der Waals surface area contributed by atoms with E-state index in [2.05, 4.69) is 0 Å². The quantitative estimate of drug-likeness (QED) is 0.604. The highest BCUT2D eigenvalue weighted by Crippen LogP contribution is 2.40. The Kier molecular flexibility index (Phi) is 2.37. The summed E-state index contributed by atoms with van der Waals surface area (Å²) >= 11 is 0. The second-order valence-electron chi connectivity index (χ2n) is 4.31. The number of non-ortho nitro benzene ring substituents is 1. The van der Waals surface area contributed by atoms with E-state index in [4.69, 9.17) is 0 Å². The lowest BCUT2D eigenvalue weighted by Crippen LogP contribution is -2.15. The number of benzene rings is 1. The van der Waals surface area contributed by atoms with Gasteiger partial charge in [0, 0.05) is 23.8 Å². The standard InChI is InChI=1S/C13H6N2O5/c16-13-11-5-7-1-2-8(14(17)18)6-10(7)9(11)3-4-12(13)15(19)20/h1-6H. The van der Waals surface area contributed by atoms with Crippen LogP contribution in [-0.4, -0.2) is 15.6 Å². The van der Waals surface area contributed by atoms with Gasteiger partial charge in [-0.15, -0.1) is 0 Å². The average Bonchev–Trinajstić information content (AvgIpc) is 2.77. The number of hydrogen-bond acceptors (Lipinski definition) is 5. The number of rotatable bonds is 2. The van der Waals surface area contributed by atoms with Crippen LogP contribution in [0.2, 0.25) is 0 Å². The van der Waals surface area contributed by atoms with Gasteiger partial charge in [-0.3, -0.25) is 25.0 Å². The molecule has 2 aliphatic rings. The molecule has 1 aromatic carbocycles. The summed E-state index contributed by atoms with van der Waals surface area (Å²) in [7, 11) is 0. The van der Waals surface area contributed by atoms with Gasteiger partial charge in [0.25, 0.3) is 11.5 Å². The smallest absolute Gasteiger partial charge is 0.282 e. The molecule has 0 spiro atoms. The van der Waals surface area contributed by atoms with Crippen LogP contribution in [0.5, 0.6) is 0 Å². The molecule has 1 aromatic rings. The molecular formula is C13H6N2O5. The lowest BCUT2D eigenvalue weighted by Gasteiger charge is -2.08. The third-order valence-corrected chi connectivity index (χ3v) is 3.21. The predicted octanol–water partition coefficient (Wildman–Crippen LogP) is 2.12. The van der Waals surface area contributed by atoms with Gasteiger partial charge in [0.15, 0.2) is 0 Å². The number of nitrogens with zero attached hydrogens (tertiary/aromatic N) is 2. The maximum absolute atomic E-state index is 12.0. The second kappa shape index (κ2) is 3.95. The number of ketones is 1. The first-order chi connectivity index (χ1) is 9.49. The van der Waals surface area contributed by atoms with E-state index in [1.807, 2.05) is 0 Å². The summed E-state index contributed by atoms with van der Waals surface area (Å²) in [5.74, 6) is -0.675. The van der Waals surface area contributed by atoms with Crippen molar-refractivity contribution in [3.8, 4) is 0 Å². The zero-order valence-electron chi connectivity index (χ0n) is 9.90. The number of Topliss-reactive ketones (excluding diaryl/α,β-unsaturated/α-hetero) is 1. The zero-order chi connectivity index (χ0) is 14.4. The number of fused-ring (bicyclic) bond motifs is 3. The summed E-state index contributed by atoms with van der Waals surface area (Å²) in [4.78, 5) is 32.2. The first-order valence-electron chi connectivity index (χ1n) is 5.61. The number of carbonyl (C=O) groups is 1. The minimum Gasteiger partial charge on any atom is -0.282 e. The van der Waals surface area contributed by atoms with E-state index < -0.39 is 21.3 Å². The third kappa shape index (κ3) is 1.57. The van der Waals surface area contributed by atoms with Crippen molar-refractivity contribution in [2.75, 3.05) is 0 Å². The van der Waals surface area contributed by atoms with Gasteiger partial charge < -0.3 is 0 Å². The van der Waals surface area contributed by atoms with Crippen molar-refractivity contribution < 1.29 is 14.6 Å². The molecule has 0 radical (unpaired) electrons. The SMILES string of the molecule is O=C1C2=Cc3ccc([N+](=O)[O-])cc3C2=CC=C1[N+](=O)[O-]. The number of nitro benzene ring substituents is 1. The molecule has 0 heterocycles. The lowest BCUT2D eigenvalue weighted by atomic mass is 9.94. The van der Waals surface area contributed by atoms with Gasteiger partial charge in [-0.05, 0) is 34.9 Å². The molecule has 0 atom stereocenters. The van der Waals surface area contributed by atoms with Gasteiger partial charge in [0.1, 0.15) is 0 Å². The Labute approximate surface area is 111 Å². The molecule has 0 bridgehead atoms. The minimum absolute atomic E-state index is 0.0872. The Morgan fingerprint density at radius 1 is 0.950 bits per heavy atom. The number of allylic oxidation sites excluding steroid dienone is 4. The molecule has 0 unspecified atom stereocenters. The summed E-state index contributed by atoms with van der Waals surface area (Å²) in [5.41, 5.74) is 1.29. The summed E-state index contributed by atoms with van der Waals surface area (Å²) < 4.78 is 0. The largest absolute Gasteiger partial charge is 0.316 e. The molecule has 0 N–H and O–H groups in total. The van der Waals surface area contributed by atoms with Gasteiger partial charge in [-0.2, -0.15) is 0 Å². The van der Waals surface area contributed by atoms with Crippen molar-refractivity contribution in [1.29, 1.82) is 0 Å². The van der Waals surface area contributed by atoms with Gasteiger partial charge in [-0.1, -0.05) is 0 Å². The molecule has 0 aliphatic heterocycles. The fourth-order valence-electron chi connectivity index (χ4n) is 2.28. The summed E-state index contributed by atoms with van der Waals surface area (Å²) in [6.07, 6.45) is 4.09. The normalized spacial score (nSPS) is 15.8. The van der Waals surface area contributed by atoms with E-state index in [1.54, 1.807) is 0 Å². The van der Waals surface area contributed by atoms with Gasteiger partial charge in [0.05, 0.1) is 9.85 Å². The molecule has 0 aromatic heterocycles. The van der Waals surface area contributed by atoms with Crippen LogP contribution in [0, 0.1) is 20.2 Å². The Balaban J connectivity index is 2.15. The van der Waals surface area contributed by atoms with Crippen LogP contribution in [0.3, 0.4) is 0 Å². The number of carbonyl (C=O) groups excluding carboxylic acids is 1. The molecule has 20 heavy (non-hydrogen) atoms. The van der Waals surface area contributed by atoms with Gasteiger partial charge >= 0.3 is 5.70 Å². The average molecular weight is 270 g/mol. The molecular weight excluding hydrogens is 264 g/mol. The molecule has 0 fully saturated rings. The maximum atomic E-state index is 12.0. The van der Waals surface area contributed by atoms with Crippen molar-refractivity contribution in [1.82, 2.24) is 0 Å². The van der Waals surface area contributed by atoms with Crippen molar-refractivity contribution in [2.45, 2.75) is 0 Å². The van der Waals surface area contributed by atoms with Crippen LogP contribution in [0.1, 0.15) is 11.1 Å². The van der Waals surface area contributed by atoms with Crippen molar-refractivity contribution in [3.63, 3.8) is 0 Å². The van der Waals surface area contributed by atoms with E-state index >= 15 is 0 Å². The van der Waals surface area contributed by atoms with E-state index in [9.17, 15) is 25.0 Å². The molecule has 2 aliphatic carbocycles. The minimum atomic E-state index is -0.734. The third-order valence-electron chi connectivity index (χ3n) is 3.21. The highest BCUT2D eigenvalue weighted by Gasteiger charge is 2.34. The first-order valence-corrected chi connectivity index (χ1v) is 5.61. The Morgan fingerprint density at radius 3 is 2.35 bits per heavy atom. The van der Waals surface area contributed by atoms with E-state index in [1.165, 1.54) is 30.4 Å². The topological polar surface area (TPSA) is 103 Å². The van der Waals surface area contributed by atoms with Crippen molar-refractivity contribution in [3.05, 3.63) is 73.0 Å². The fraction of sp³-hybridized carbons (Fsp3) is 0. The van der Waals surface area contributed by atoms with Crippen LogP contribution in [-0.2, 0) is 4.79 Å². The molecule has 7 heteroatoms. The van der Waals surface area contributed by atoms with Gasteiger partial charge in [0.2, 0.25) is 0 Å². The highest BCUT2D eigenvalue weighted by atomic mass is 16.6. The van der Waals surface area contributed by atoms with Crippen LogP contribution >= 0.6 is 0 Å². The Hall–Kier alpha value is -3.09. The van der Waals surface area contributed by atoms with Crippen molar-refractivity contribution in [2.24, 2.45) is 0 Å². The second-order valence-corrected chi connectivity index (χ2v) is 4.31. The maximum Gasteiger partial charge on any atom is 0.316 e. The van der Waals surface area contributed by atoms with E-state index in [0.717, 1.165) is 6.08 Å². The fourth-order valence-corrected chi connectivity index (χ4v) is 2.28. The van der Waals surface area contributed by atoms with Crippen molar-refractivity contribution >= 4 is 23.1 Å². The zero-order valence-corrected chi connectivity index (χ0v) is 9.90. The summed E-state index contributed by atoms with van der Waals surface area (Å²) in [6, 6.07) is 4.22. The number of hydrogen-bond donors (Lipinski definition) is 0. The predicted molar refractivity (Wildman–Crippen MR) is 69.1 cm³/mol. The summed E-state index contributed by atoms with van der Waals surface area (Å²) in [5, 5.41) is 21.5. The summed E-state index contributed by atoms with van der Waals surface area (Å²) in [6.45, 7) is 0. The van der Waals surface area contributed by atoms with Crippen LogP contribution in [0.15, 0.2) is 41.6 Å². The number of nitro groups is 2. The molecule has 0 saturated heterocycles. The van der Waals surface area contributed by atoms with Crippen LogP contribution in [0.25, 0.3) is 11.6 Å². The Bertz CT molecular complexity index is 786. The van der Waals surface area contributed by atoms with E-state index in [0.29, 0.717) is 16.7 Å². The Morgan fingerprint density at radius 2 is 1.70 bits per heavy atom.